The van der Waals surface area contributed by atoms with Crippen LogP contribution in [0.3, 0.4) is 0 Å². The van der Waals surface area contributed by atoms with Crippen LogP contribution in [0.4, 0.5) is 5.82 Å². The lowest BCUT2D eigenvalue weighted by Gasteiger charge is -1.99. The number of nitro groups is 1. The smallest absolute Gasteiger partial charge is 0.358 e. The molecule has 0 N–H and O–H groups in total. The zero-order chi connectivity index (χ0) is 10.7. The van der Waals surface area contributed by atoms with E-state index in [1.54, 1.807) is 0 Å². The first-order chi connectivity index (χ1) is 6.50. The van der Waals surface area contributed by atoms with Gasteiger partial charge in [-0.3, -0.25) is 4.57 Å². The van der Waals surface area contributed by atoms with Gasteiger partial charge in [0, 0.05) is 6.54 Å². The van der Waals surface area contributed by atoms with Gasteiger partial charge in [0.2, 0.25) is 0 Å². The van der Waals surface area contributed by atoms with Crippen LogP contribution < -0.4 is 0 Å². The number of allylic oxidation sites excluding steroid dienone is 1. The molecule has 0 fully saturated rings. The Balaban J connectivity index is 2.77. The Morgan fingerprint density at radius 1 is 1.86 bits per heavy atom. The molecule has 14 heavy (non-hydrogen) atoms. The summed E-state index contributed by atoms with van der Waals surface area (Å²) in [6.07, 6.45) is 2.05. The lowest BCUT2D eigenvalue weighted by Crippen LogP contribution is -1.96. The van der Waals surface area contributed by atoms with E-state index < -0.39 is 4.92 Å². The first kappa shape index (κ1) is 10.7. The minimum Gasteiger partial charge on any atom is -0.358 e. The number of halogens is 1. The van der Waals surface area contributed by atoms with Gasteiger partial charge in [-0.25, -0.2) is 0 Å². The van der Waals surface area contributed by atoms with Gasteiger partial charge < -0.3 is 10.1 Å². The van der Waals surface area contributed by atoms with Crippen molar-refractivity contribution in [3.05, 3.63) is 33.7 Å². The van der Waals surface area contributed by atoms with E-state index in [-0.39, 0.29) is 11.1 Å². The van der Waals surface area contributed by atoms with Crippen molar-refractivity contribution in [1.82, 2.24) is 9.55 Å². The first-order valence-corrected chi connectivity index (χ1v) is 4.40. The number of hydrogen-bond acceptors (Lipinski definition) is 3. The highest BCUT2D eigenvalue weighted by Crippen LogP contribution is 2.16. The van der Waals surface area contributed by atoms with Crippen LogP contribution in [-0.4, -0.2) is 14.5 Å². The van der Waals surface area contributed by atoms with Gasteiger partial charge in [-0.1, -0.05) is 5.57 Å². The predicted octanol–water partition coefficient (Wildman–Crippen LogP) is 2.41. The standard InChI is InChI=1S/C8H10ClN3O2/c1-6(2)3-4-11-5-7(12(13)14)10-8(11)9/h5H,1,3-4H2,2H3. The zero-order valence-corrected chi connectivity index (χ0v) is 8.49. The highest BCUT2D eigenvalue weighted by molar-refractivity contribution is 6.28. The number of rotatable bonds is 4. The van der Waals surface area contributed by atoms with E-state index in [1.165, 1.54) is 10.8 Å². The number of aryl methyl sites for hydroxylation is 1. The summed E-state index contributed by atoms with van der Waals surface area (Å²) in [4.78, 5) is 13.4. The third kappa shape index (κ3) is 2.56. The summed E-state index contributed by atoms with van der Waals surface area (Å²) in [6.45, 7) is 6.18. The average Bonchev–Trinajstić information content (AvgIpc) is 2.43. The van der Waals surface area contributed by atoms with Crippen molar-refractivity contribution in [2.24, 2.45) is 0 Å². The zero-order valence-electron chi connectivity index (χ0n) is 7.73. The minimum absolute atomic E-state index is 0.137. The monoisotopic (exact) mass is 215 g/mol. The molecule has 5 nitrogen and oxygen atoms in total. The van der Waals surface area contributed by atoms with Gasteiger partial charge in [0.1, 0.15) is 6.20 Å². The third-order valence-electron chi connectivity index (χ3n) is 1.68. The minimum atomic E-state index is -0.566. The maximum absolute atomic E-state index is 10.4. The van der Waals surface area contributed by atoms with E-state index in [4.69, 9.17) is 11.6 Å². The van der Waals surface area contributed by atoms with Gasteiger partial charge in [0.15, 0.2) is 0 Å². The Labute approximate surface area is 86.2 Å². The van der Waals surface area contributed by atoms with Crippen molar-refractivity contribution in [2.45, 2.75) is 19.9 Å². The fourth-order valence-electron chi connectivity index (χ4n) is 0.936. The Morgan fingerprint density at radius 2 is 2.50 bits per heavy atom. The van der Waals surface area contributed by atoms with Gasteiger partial charge in [0.25, 0.3) is 0 Å². The Hall–Kier alpha value is -1.36. The third-order valence-corrected chi connectivity index (χ3v) is 1.98. The van der Waals surface area contributed by atoms with Crippen molar-refractivity contribution in [3.8, 4) is 0 Å². The van der Waals surface area contributed by atoms with Gasteiger partial charge in [-0.05, 0) is 34.9 Å². The molecule has 1 aromatic rings. The molecule has 0 aliphatic rings. The van der Waals surface area contributed by atoms with Crippen LogP contribution >= 0.6 is 11.6 Å². The topological polar surface area (TPSA) is 61.0 Å². The Morgan fingerprint density at radius 3 is 2.93 bits per heavy atom. The van der Waals surface area contributed by atoms with Crippen LogP contribution in [0.15, 0.2) is 18.3 Å². The van der Waals surface area contributed by atoms with Gasteiger partial charge in [0.05, 0.1) is 0 Å². The van der Waals surface area contributed by atoms with Crippen molar-refractivity contribution in [3.63, 3.8) is 0 Å². The average molecular weight is 216 g/mol. The van der Waals surface area contributed by atoms with Crippen LogP contribution in [0.5, 0.6) is 0 Å². The molecule has 0 unspecified atom stereocenters. The van der Waals surface area contributed by atoms with Gasteiger partial charge >= 0.3 is 11.1 Å². The molecular weight excluding hydrogens is 206 g/mol. The molecule has 6 heteroatoms. The van der Waals surface area contributed by atoms with E-state index in [0.717, 1.165) is 12.0 Å². The summed E-state index contributed by atoms with van der Waals surface area (Å²) in [5.74, 6) is -0.225. The van der Waals surface area contributed by atoms with Crippen molar-refractivity contribution in [1.29, 1.82) is 0 Å². The van der Waals surface area contributed by atoms with E-state index in [1.807, 2.05) is 6.92 Å². The molecule has 0 amide bonds. The largest absolute Gasteiger partial charge is 0.383 e. The van der Waals surface area contributed by atoms with E-state index >= 15 is 0 Å². The Kier molecular flexibility index (Phi) is 3.24. The van der Waals surface area contributed by atoms with Crippen LogP contribution in [0.25, 0.3) is 0 Å². The number of nitrogens with zero attached hydrogens (tertiary/aromatic N) is 3. The molecular formula is C8H10ClN3O2. The summed E-state index contributed by atoms with van der Waals surface area (Å²) >= 11 is 5.69. The molecule has 0 bridgehead atoms. The summed E-state index contributed by atoms with van der Waals surface area (Å²) in [6, 6.07) is 0. The Bertz CT molecular complexity index is 373. The molecule has 1 heterocycles. The SMILES string of the molecule is C=C(C)CCn1cc([N+](=O)[O-])nc1Cl. The molecule has 0 aromatic carbocycles. The van der Waals surface area contributed by atoms with Crippen molar-refractivity contribution < 1.29 is 4.92 Å². The number of aromatic nitrogens is 2. The molecule has 1 aromatic heterocycles. The summed E-state index contributed by atoms with van der Waals surface area (Å²) in [5.41, 5.74) is 0.998. The summed E-state index contributed by atoms with van der Waals surface area (Å²) < 4.78 is 1.54. The van der Waals surface area contributed by atoms with Crippen LogP contribution in [0.1, 0.15) is 13.3 Å². The molecule has 0 aliphatic heterocycles. The van der Waals surface area contributed by atoms with E-state index in [0.29, 0.717) is 6.54 Å². The predicted molar refractivity (Wildman–Crippen MR) is 53.3 cm³/mol. The van der Waals surface area contributed by atoms with Crippen molar-refractivity contribution >= 4 is 17.4 Å². The summed E-state index contributed by atoms with van der Waals surface area (Å²) in [5, 5.41) is 10.5. The fourth-order valence-corrected chi connectivity index (χ4v) is 1.16. The van der Waals surface area contributed by atoms with Gasteiger partial charge in [-0.15, -0.1) is 6.58 Å². The van der Waals surface area contributed by atoms with E-state index in [2.05, 4.69) is 11.6 Å². The first-order valence-electron chi connectivity index (χ1n) is 4.02. The van der Waals surface area contributed by atoms with Crippen molar-refractivity contribution in [2.75, 3.05) is 0 Å². The fraction of sp³-hybridized carbons (Fsp3) is 0.375. The second-order valence-corrected chi connectivity index (χ2v) is 3.36. The molecule has 0 aliphatic carbocycles. The highest BCUT2D eigenvalue weighted by Gasteiger charge is 2.15. The lowest BCUT2D eigenvalue weighted by atomic mass is 10.2. The molecule has 76 valence electrons. The molecule has 0 radical (unpaired) electrons. The highest BCUT2D eigenvalue weighted by atomic mass is 35.5. The molecule has 1 rings (SSSR count). The lowest BCUT2D eigenvalue weighted by molar-refractivity contribution is -0.389. The normalized spacial score (nSPS) is 10.1. The number of hydrogen-bond donors (Lipinski definition) is 0. The molecule has 0 saturated carbocycles. The quantitative estimate of drug-likeness (QED) is 0.440. The maximum Gasteiger partial charge on any atom is 0.383 e. The van der Waals surface area contributed by atoms with E-state index in [9.17, 15) is 10.1 Å². The summed E-state index contributed by atoms with van der Waals surface area (Å²) in [7, 11) is 0. The maximum atomic E-state index is 10.4. The molecule has 0 saturated heterocycles. The van der Waals surface area contributed by atoms with Crippen LogP contribution in [0, 0.1) is 10.1 Å². The molecule has 0 atom stereocenters. The van der Waals surface area contributed by atoms with Gasteiger partial charge in [-0.2, -0.15) is 0 Å². The second kappa shape index (κ2) is 4.23. The van der Waals surface area contributed by atoms with Crippen LogP contribution in [0.2, 0.25) is 5.28 Å². The molecule has 0 spiro atoms. The van der Waals surface area contributed by atoms with Crippen LogP contribution in [-0.2, 0) is 6.54 Å². The second-order valence-electron chi connectivity index (χ2n) is 3.03. The number of imidazole rings is 1.